The average molecular weight is 370 g/mol. The van der Waals surface area contributed by atoms with E-state index in [1.807, 2.05) is 4.57 Å². The molecule has 7 heteroatoms. The lowest BCUT2D eigenvalue weighted by Gasteiger charge is -2.09. The Hall–Kier alpha value is -1.34. The third-order valence-corrected chi connectivity index (χ3v) is 4.48. The second-order valence-electron chi connectivity index (χ2n) is 4.68. The summed E-state index contributed by atoms with van der Waals surface area (Å²) in [6, 6.07) is 5.58. The highest BCUT2D eigenvalue weighted by Gasteiger charge is 2.13. The van der Waals surface area contributed by atoms with Crippen LogP contribution in [0.15, 0.2) is 34.2 Å². The first-order valence-corrected chi connectivity index (χ1v) is 8.19. The van der Waals surface area contributed by atoms with Crippen LogP contribution in [0.25, 0.3) is 0 Å². The first-order chi connectivity index (χ1) is 10.0. The summed E-state index contributed by atoms with van der Waals surface area (Å²) in [6.07, 6.45) is 1.68. The summed E-state index contributed by atoms with van der Waals surface area (Å²) in [5, 5.41) is 8.69. The number of ether oxygens (including phenoxy) is 1. The van der Waals surface area contributed by atoms with Gasteiger partial charge in [0.15, 0.2) is 10.9 Å². The second-order valence-corrected chi connectivity index (χ2v) is 6.47. The van der Waals surface area contributed by atoms with Crippen molar-refractivity contribution in [3.8, 4) is 5.75 Å². The van der Waals surface area contributed by atoms with Gasteiger partial charge in [-0.15, -0.1) is 10.2 Å². The minimum Gasteiger partial charge on any atom is -0.496 e. The number of aromatic nitrogens is 3. The maximum atomic E-state index is 12.2. The van der Waals surface area contributed by atoms with Gasteiger partial charge >= 0.3 is 0 Å². The summed E-state index contributed by atoms with van der Waals surface area (Å²) in [7, 11) is 1.59. The maximum absolute atomic E-state index is 12.2. The van der Waals surface area contributed by atoms with E-state index in [9.17, 15) is 4.79 Å². The zero-order valence-electron chi connectivity index (χ0n) is 12.0. The molecule has 0 atom stereocenters. The van der Waals surface area contributed by atoms with Gasteiger partial charge in [-0.3, -0.25) is 4.79 Å². The first-order valence-electron chi connectivity index (χ1n) is 6.42. The summed E-state index contributed by atoms with van der Waals surface area (Å²) in [6.45, 7) is 4.10. The van der Waals surface area contributed by atoms with Crippen molar-refractivity contribution >= 4 is 33.5 Å². The van der Waals surface area contributed by atoms with Crippen molar-refractivity contribution in [2.75, 3.05) is 12.9 Å². The smallest absolute Gasteiger partial charge is 0.191 e. The van der Waals surface area contributed by atoms with Gasteiger partial charge in [0.05, 0.1) is 17.3 Å². The lowest BCUT2D eigenvalue weighted by atomic mass is 10.1. The van der Waals surface area contributed by atoms with Gasteiger partial charge < -0.3 is 9.30 Å². The van der Waals surface area contributed by atoms with Crippen molar-refractivity contribution in [2.24, 2.45) is 0 Å². The van der Waals surface area contributed by atoms with Crippen LogP contribution in [0.1, 0.15) is 30.2 Å². The number of carbonyl (C=O) groups excluding carboxylic acids is 1. The first kappa shape index (κ1) is 16.0. The summed E-state index contributed by atoms with van der Waals surface area (Å²) in [5.74, 6) is 1.07. The molecule has 1 aromatic heterocycles. The second kappa shape index (κ2) is 7.09. The molecule has 2 rings (SSSR count). The van der Waals surface area contributed by atoms with Crippen LogP contribution in [0, 0.1) is 0 Å². The zero-order chi connectivity index (χ0) is 15.4. The van der Waals surface area contributed by atoms with E-state index >= 15 is 0 Å². The molecule has 0 N–H and O–H groups in total. The lowest BCUT2D eigenvalue weighted by Crippen LogP contribution is -2.06. The van der Waals surface area contributed by atoms with Crippen LogP contribution in [-0.2, 0) is 0 Å². The normalized spacial score (nSPS) is 10.9. The van der Waals surface area contributed by atoms with Gasteiger partial charge in [0.1, 0.15) is 12.1 Å². The molecule has 0 saturated heterocycles. The van der Waals surface area contributed by atoms with Crippen molar-refractivity contribution in [1.29, 1.82) is 0 Å². The number of Topliss-reactive ketones (excluding diaryl/α,β-unsaturated/α-hetero) is 1. The van der Waals surface area contributed by atoms with Gasteiger partial charge in [0.25, 0.3) is 0 Å². The zero-order valence-corrected chi connectivity index (χ0v) is 14.4. The quantitative estimate of drug-likeness (QED) is 0.574. The van der Waals surface area contributed by atoms with E-state index in [-0.39, 0.29) is 11.8 Å². The number of hydrogen-bond acceptors (Lipinski definition) is 5. The van der Waals surface area contributed by atoms with E-state index < -0.39 is 0 Å². The highest BCUT2D eigenvalue weighted by Crippen LogP contribution is 2.27. The highest BCUT2D eigenvalue weighted by atomic mass is 79.9. The number of benzene rings is 1. The molecule has 0 spiro atoms. The number of rotatable bonds is 6. The van der Waals surface area contributed by atoms with Crippen LogP contribution in [0.3, 0.4) is 0 Å². The van der Waals surface area contributed by atoms with Gasteiger partial charge in [-0.2, -0.15) is 0 Å². The van der Waals surface area contributed by atoms with Crippen LogP contribution in [-0.4, -0.2) is 33.4 Å². The molecule has 0 bridgehead atoms. The molecule has 0 aliphatic carbocycles. The Morgan fingerprint density at radius 3 is 2.86 bits per heavy atom. The molecule has 21 heavy (non-hydrogen) atoms. The summed E-state index contributed by atoms with van der Waals surface area (Å²) in [4.78, 5) is 12.2. The van der Waals surface area contributed by atoms with Gasteiger partial charge in [0, 0.05) is 11.6 Å². The topological polar surface area (TPSA) is 57.0 Å². The Morgan fingerprint density at radius 1 is 1.48 bits per heavy atom. The predicted octanol–water partition coefficient (Wildman–Crippen LogP) is 3.61. The van der Waals surface area contributed by atoms with Crippen LogP contribution in [0.2, 0.25) is 0 Å². The van der Waals surface area contributed by atoms with Gasteiger partial charge in [-0.05, 0) is 48.0 Å². The maximum Gasteiger partial charge on any atom is 0.191 e. The largest absolute Gasteiger partial charge is 0.496 e. The molecule has 5 nitrogen and oxygen atoms in total. The molecule has 0 unspecified atom stereocenters. The Morgan fingerprint density at radius 2 is 2.24 bits per heavy atom. The van der Waals surface area contributed by atoms with Crippen molar-refractivity contribution in [2.45, 2.75) is 25.0 Å². The van der Waals surface area contributed by atoms with Gasteiger partial charge in [-0.25, -0.2) is 0 Å². The third-order valence-electron chi connectivity index (χ3n) is 2.90. The fourth-order valence-corrected chi connectivity index (χ4v) is 3.22. The van der Waals surface area contributed by atoms with Gasteiger partial charge in [0.2, 0.25) is 0 Å². The van der Waals surface area contributed by atoms with E-state index in [0.717, 1.165) is 9.63 Å². The van der Waals surface area contributed by atoms with Crippen molar-refractivity contribution in [1.82, 2.24) is 14.8 Å². The number of hydrogen-bond donors (Lipinski definition) is 0. The molecule has 1 aromatic carbocycles. The number of nitrogens with zero attached hydrogens (tertiary/aromatic N) is 3. The number of ketones is 1. The van der Waals surface area contributed by atoms with Crippen LogP contribution >= 0.6 is 27.7 Å². The molecule has 0 aliphatic rings. The Balaban J connectivity index is 2.05. The standard InChI is InChI=1S/C14H16BrN3O2S/c1-9(2)18-8-16-17-14(18)21-7-12(19)10-4-5-13(20-3)11(15)6-10/h4-6,8-9H,7H2,1-3H3. The summed E-state index contributed by atoms with van der Waals surface area (Å²) < 4.78 is 7.87. The summed E-state index contributed by atoms with van der Waals surface area (Å²) in [5.41, 5.74) is 0.644. The average Bonchev–Trinajstić information content (AvgIpc) is 2.93. The lowest BCUT2D eigenvalue weighted by molar-refractivity contribution is 0.102. The molecular formula is C14H16BrN3O2S. The highest BCUT2D eigenvalue weighted by molar-refractivity contribution is 9.10. The van der Waals surface area contributed by atoms with Gasteiger partial charge in [-0.1, -0.05) is 11.8 Å². The number of methoxy groups -OCH3 is 1. The molecule has 2 aromatic rings. The minimum absolute atomic E-state index is 0.0432. The Bertz CT molecular complexity index is 643. The van der Waals surface area contributed by atoms with E-state index in [2.05, 4.69) is 40.0 Å². The van der Waals surface area contributed by atoms with E-state index in [4.69, 9.17) is 4.74 Å². The fourth-order valence-electron chi connectivity index (χ4n) is 1.74. The van der Waals surface area contributed by atoms with Crippen LogP contribution < -0.4 is 4.74 Å². The van der Waals surface area contributed by atoms with Crippen molar-refractivity contribution in [3.63, 3.8) is 0 Å². The van der Waals surface area contributed by atoms with Crippen LogP contribution in [0.4, 0.5) is 0 Å². The molecule has 0 fully saturated rings. The number of halogens is 1. The minimum atomic E-state index is 0.0432. The molecule has 0 radical (unpaired) electrons. The Kier molecular flexibility index (Phi) is 5.41. The van der Waals surface area contributed by atoms with Crippen LogP contribution in [0.5, 0.6) is 5.75 Å². The van der Waals surface area contributed by atoms with E-state index in [1.165, 1.54) is 11.8 Å². The monoisotopic (exact) mass is 369 g/mol. The third kappa shape index (κ3) is 3.85. The van der Waals surface area contributed by atoms with E-state index in [1.54, 1.807) is 31.6 Å². The SMILES string of the molecule is COc1ccc(C(=O)CSc2nncn2C(C)C)cc1Br. The molecular weight excluding hydrogens is 354 g/mol. The number of carbonyl (C=O) groups is 1. The van der Waals surface area contributed by atoms with Crippen molar-refractivity contribution < 1.29 is 9.53 Å². The predicted molar refractivity (Wildman–Crippen MR) is 86.2 cm³/mol. The molecule has 112 valence electrons. The fraction of sp³-hybridized carbons (Fsp3) is 0.357. The molecule has 0 saturated carbocycles. The molecule has 1 heterocycles. The van der Waals surface area contributed by atoms with Crippen molar-refractivity contribution in [3.05, 3.63) is 34.6 Å². The molecule has 0 aliphatic heterocycles. The Labute approximate surface area is 136 Å². The molecule has 0 amide bonds. The number of thioether (sulfide) groups is 1. The van der Waals surface area contributed by atoms with E-state index in [0.29, 0.717) is 17.1 Å². The summed E-state index contributed by atoms with van der Waals surface area (Å²) >= 11 is 4.78.